The summed E-state index contributed by atoms with van der Waals surface area (Å²) in [4.78, 5) is 18.5. The molecule has 1 N–H and O–H groups in total. The third-order valence-corrected chi connectivity index (χ3v) is 5.97. The van der Waals surface area contributed by atoms with Crippen LogP contribution in [0.1, 0.15) is 15.2 Å². The highest BCUT2D eigenvalue weighted by Crippen LogP contribution is 2.30. The van der Waals surface area contributed by atoms with Gasteiger partial charge in [-0.1, -0.05) is 24.3 Å². The van der Waals surface area contributed by atoms with E-state index in [-0.39, 0.29) is 5.91 Å². The van der Waals surface area contributed by atoms with E-state index in [1.807, 2.05) is 70.6 Å². The first-order chi connectivity index (χ1) is 15.2. The first-order valence-corrected chi connectivity index (χ1v) is 10.6. The molecule has 1 amide bonds. The third-order valence-electron chi connectivity index (χ3n) is 5.09. The maximum Gasteiger partial charge on any atom is 0.253 e. The molecule has 4 heterocycles. The van der Waals surface area contributed by atoms with Crippen molar-refractivity contribution in [2.45, 2.75) is 6.54 Å². The van der Waals surface area contributed by atoms with E-state index < -0.39 is 0 Å². The van der Waals surface area contributed by atoms with Gasteiger partial charge in [-0.2, -0.15) is 0 Å². The minimum absolute atomic E-state index is 0.155. The molecule has 0 saturated carbocycles. The van der Waals surface area contributed by atoms with Crippen molar-refractivity contribution in [1.82, 2.24) is 14.7 Å². The van der Waals surface area contributed by atoms with Crippen LogP contribution < -0.4 is 10.1 Å². The first kappa shape index (κ1) is 19.1. The molecular weight excluding hydrogens is 410 g/mol. The van der Waals surface area contributed by atoms with Crippen LogP contribution in [0.4, 0.5) is 0 Å². The molecule has 0 spiro atoms. The Balaban J connectivity index is 1.59. The summed E-state index contributed by atoms with van der Waals surface area (Å²) < 4.78 is 12.6. The second-order valence-corrected chi connectivity index (χ2v) is 8.02. The number of methoxy groups -OCH3 is 1. The Hall–Kier alpha value is -3.84. The molecule has 5 aromatic rings. The van der Waals surface area contributed by atoms with Gasteiger partial charge < -0.3 is 18.9 Å². The quantitative estimate of drug-likeness (QED) is 0.400. The van der Waals surface area contributed by atoms with Crippen LogP contribution in [-0.2, 0) is 6.54 Å². The molecule has 0 bridgehead atoms. The fraction of sp³-hybridized carbons (Fsp3) is 0.0833. The molecule has 5 rings (SSSR count). The van der Waals surface area contributed by atoms with Gasteiger partial charge in [0.05, 0.1) is 24.9 Å². The van der Waals surface area contributed by atoms with Crippen molar-refractivity contribution in [2.75, 3.05) is 7.11 Å². The molecule has 154 valence electrons. The van der Waals surface area contributed by atoms with Gasteiger partial charge in [0.2, 0.25) is 0 Å². The number of thiophene rings is 1. The lowest BCUT2D eigenvalue weighted by atomic mass is 10.1. The van der Waals surface area contributed by atoms with Gasteiger partial charge in [-0.15, -0.1) is 11.3 Å². The van der Waals surface area contributed by atoms with Crippen molar-refractivity contribution in [3.05, 3.63) is 89.3 Å². The van der Waals surface area contributed by atoms with Crippen LogP contribution in [0.5, 0.6) is 5.75 Å². The van der Waals surface area contributed by atoms with Crippen LogP contribution in [0.15, 0.2) is 83.2 Å². The van der Waals surface area contributed by atoms with E-state index in [9.17, 15) is 4.79 Å². The van der Waals surface area contributed by atoms with Crippen LogP contribution >= 0.6 is 11.3 Å². The van der Waals surface area contributed by atoms with Crippen molar-refractivity contribution in [2.24, 2.45) is 0 Å². The number of carbonyl (C=O) groups excluding carboxylic acids is 1. The smallest absolute Gasteiger partial charge is 0.253 e. The van der Waals surface area contributed by atoms with Gasteiger partial charge in [0, 0.05) is 16.6 Å². The Morgan fingerprint density at radius 1 is 1.16 bits per heavy atom. The summed E-state index contributed by atoms with van der Waals surface area (Å²) >= 11 is 1.61. The number of hydrogen-bond donors (Lipinski definition) is 1. The zero-order valence-corrected chi connectivity index (χ0v) is 17.6. The summed E-state index contributed by atoms with van der Waals surface area (Å²) in [5.41, 5.74) is 4.75. The molecule has 4 aromatic heterocycles. The number of rotatable bonds is 6. The molecule has 1 aromatic carbocycles. The topological polar surface area (TPSA) is 68.8 Å². The van der Waals surface area contributed by atoms with E-state index >= 15 is 0 Å². The number of amides is 1. The van der Waals surface area contributed by atoms with Gasteiger partial charge in [0.1, 0.15) is 17.7 Å². The minimum atomic E-state index is -0.155. The first-order valence-electron chi connectivity index (χ1n) is 9.71. The van der Waals surface area contributed by atoms with Gasteiger partial charge >= 0.3 is 0 Å². The average molecular weight is 430 g/mol. The van der Waals surface area contributed by atoms with Crippen LogP contribution in [0.3, 0.4) is 0 Å². The fourth-order valence-corrected chi connectivity index (χ4v) is 4.23. The van der Waals surface area contributed by atoms with Gasteiger partial charge in [-0.25, -0.2) is 4.98 Å². The summed E-state index contributed by atoms with van der Waals surface area (Å²) in [7, 11) is 1.65. The fourth-order valence-electron chi connectivity index (χ4n) is 3.58. The number of benzene rings is 1. The highest BCUT2D eigenvalue weighted by molar-refractivity contribution is 7.09. The number of nitrogens with one attached hydrogen (secondary N) is 1. The van der Waals surface area contributed by atoms with Gasteiger partial charge in [0.15, 0.2) is 6.39 Å². The molecule has 6 nitrogen and oxygen atoms in total. The Bertz CT molecular complexity index is 1340. The van der Waals surface area contributed by atoms with Crippen molar-refractivity contribution >= 4 is 22.8 Å². The molecule has 0 atom stereocenters. The molecule has 0 radical (unpaired) electrons. The Kier molecular flexibility index (Phi) is 5.01. The molecule has 0 aliphatic rings. The molecule has 0 fully saturated rings. The molecule has 31 heavy (non-hydrogen) atoms. The second-order valence-electron chi connectivity index (χ2n) is 6.99. The summed E-state index contributed by atoms with van der Waals surface area (Å²) in [6, 6.07) is 17.7. The normalized spacial score (nSPS) is 11.0. The molecule has 0 aliphatic carbocycles. The third kappa shape index (κ3) is 3.71. The SMILES string of the molecule is COc1cccc(-c2ccc3cc(C(=O)NCc4cccs4)c(-c4cocn4)n3c2)c1. The lowest BCUT2D eigenvalue weighted by molar-refractivity contribution is 0.0952. The average Bonchev–Trinajstić information content (AvgIpc) is 3.57. The van der Waals surface area contributed by atoms with E-state index in [0.717, 1.165) is 27.3 Å². The zero-order chi connectivity index (χ0) is 21.2. The number of oxazole rings is 1. The zero-order valence-electron chi connectivity index (χ0n) is 16.7. The predicted molar refractivity (Wildman–Crippen MR) is 120 cm³/mol. The van der Waals surface area contributed by atoms with E-state index in [2.05, 4.69) is 10.3 Å². The van der Waals surface area contributed by atoms with Crippen molar-refractivity contribution < 1.29 is 13.9 Å². The van der Waals surface area contributed by atoms with Gasteiger partial charge in [-0.3, -0.25) is 4.79 Å². The highest BCUT2D eigenvalue weighted by atomic mass is 32.1. The van der Waals surface area contributed by atoms with Crippen molar-refractivity contribution in [1.29, 1.82) is 0 Å². The van der Waals surface area contributed by atoms with Crippen molar-refractivity contribution in [3.8, 4) is 28.3 Å². The number of carbonyl (C=O) groups is 1. The number of fused-ring (bicyclic) bond motifs is 1. The number of ether oxygens (including phenoxy) is 1. The molecular formula is C24H19N3O3S. The standard InChI is InChI=1S/C24H19N3O3S/c1-29-19-5-2-4-16(10-19)17-7-8-18-11-21(24(28)25-12-20-6-3-9-31-20)23(27(18)13-17)22-14-30-15-26-22/h2-11,13-15H,12H2,1H3,(H,25,28). The number of aromatic nitrogens is 2. The van der Waals surface area contributed by atoms with Crippen LogP contribution in [0, 0.1) is 0 Å². The number of pyridine rings is 1. The molecule has 0 unspecified atom stereocenters. The Morgan fingerprint density at radius 2 is 2.10 bits per heavy atom. The lowest BCUT2D eigenvalue weighted by Crippen LogP contribution is -2.22. The van der Waals surface area contributed by atoms with Gasteiger partial charge in [-0.05, 0) is 46.8 Å². The molecule has 7 heteroatoms. The summed E-state index contributed by atoms with van der Waals surface area (Å²) in [6.45, 7) is 0.482. The van der Waals surface area contributed by atoms with Crippen LogP contribution in [0.2, 0.25) is 0 Å². The van der Waals surface area contributed by atoms with Crippen LogP contribution in [0.25, 0.3) is 28.0 Å². The van der Waals surface area contributed by atoms with E-state index in [0.29, 0.717) is 23.5 Å². The molecule has 0 saturated heterocycles. The molecule has 0 aliphatic heterocycles. The second kappa shape index (κ2) is 8.12. The highest BCUT2D eigenvalue weighted by Gasteiger charge is 2.20. The number of nitrogens with zero attached hydrogens (tertiary/aromatic N) is 2. The van der Waals surface area contributed by atoms with E-state index in [1.54, 1.807) is 24.7 Å². The van der Waals surface area contributed by atoms with Gasteiger partial charge in [0.25, 0.3) is 5.91 Å². The summed E-state index contributed by atoms with van der Waals surface area (Å²) in [5, 5.41) is 5.00. The van der Waals surface area contributed by atoms with E-state index in [4.69, 9.17) is 9.15 Å². The van der Waals surface area contributed by atoms with Crippen LogP contribution in [-0.4, -0.2) is 22.4 Å². The maximum atomic E-state index is 13.1. The monoisotopic (exact) mass is 429 g/mol. The Morgan fingerprint density at radius 3 is 2.87 bits per heavy atom. The summed E-state index contributed by atoms with van der Waals surface area (Å²) in [6.07, 6.45) is 4.92. The van der Waals surface area contributed by atoms with E-state index in [1.165, 1.54) is 6.39 Å². The summed E-state index contributed by atoms with van der Waals surface area (Å²) in [5.74, 6) is 0.633. The largest absolute Gasteiger partial charge is 0.497 e. The lowest BCUT2D eigenvalue weighted by Gasteiger charge is -2.08. The van der Waals surface area contributed by atoms with Crippen molar-refractivity contribution in [3.63, 3.8) is 0 Å². The Labute approximate surface area is 182 Å². The number of hydrogen-bond acceptors (Lipinski definition) is 5. The maximum absolute atomic E-state index is 13.1. The minimum Gasteiger partial charge on any atom is -0.497 e. The predicted octanol–water partition coefficient (Wildman–Crippen LogP) is 5.26.